The second-order valence-electron chi connectivity index (χ2n) is 4.09. The number of aliphatic hydroxyl groups is 1. The molecule has 0 aromatic heterocycles. The van der Waals surface area contributed by atoms with Crippen molar-refractivity contribution in [2.24, 2.45) is 0 Å². The number of amides is 2. The summed E-state index contributed by atoms with van der Waals surface area (Å²) in [5, 5.41) is 22.2. The molecule has 110 valence electrons. The Balaban J connectivity index is 2.22. The van der Waals surface area contributed by atoms with Crippen LogP contribution in [0.15, 0.2) is 24.3 Å². The van der Waals surface area contributed by atoms with Crippen molar-refractivity contribution in [2.75, 3.05) is 20.2 Å². The number of carboxylic acids is 1. The molecule has 0 aliphatic heterocycles. The highest BCUT2D eigenvalue weighted by atomic mass is 16.5. The fourth-order valence-corrected chi connectivity index (χ4v) is 1.45. The molecule has 7 heteroatoms. The number of carboxylic acid groups (broad SMARTS) is 1. The Labute approximate surface area is 116 Å². The Morgan fingerprint density at radius 3 is 2.45 bits per heavy atom. The molecule has 0 saturated carbocycles. The van der Waals surface area contributed by atoms with Gasteiger partial charge >= 0.3 is 12.0 Å². The highest BCUT2D eigenvalue weighted by Crippen LogP contribution is 2.11. The van der Waals surface area contributed by atoms with Crippen molar-refractivity contribution >= 4 is 12.0 Å². The van der Waals surface area contributed by atoms with Gasteiger partial charge in [0.2, 0.25) is 0 Å². The van der Waals surface area contributed by atoms with Gasteiger partial charge in [-0.1, -0.05) is 12.1 Å². The summed E-state index contributed by atoms with van der Waals surface area (Å²) in [7, 11) is 1.59. The third kappa shape index (κ3) is 5.57. The molecule has 1 aromatic carbocycles. The van der Waals surface area contributed by atoms with Gasteiger partial charge in [-0.15, -0.1) is 0 Å². The number of carbonyl (C=O) groups is 2. The maximum Gasteiger partial charge on any atom is 0.334 e. The molecule has 0 bridgehead atoms. The maximum absolute atomic E-state index is 11.3. The lowest BCUT2D eigenvalue weighted by molar-refractivity contribution is -0.146. The molecule has 0 fully saturated rings. The normalized spacial score (nSPS) is 11.5. The zero-order valence-corrected chi connectivity index (χ0v) is 11.1. The van der Waals surface area contributed by atoms with Gasteiger partial charge < -0.3 is 25.6 Å². The molecule has 0 saturated heterocycles. The van der Waals surface area contributed by atoms with Crippen molar-refractivity contribution in [3.05, 3.63) is 29.8 Å². The fourth-order valence-electron chi connectivity index (χ4n) is 1.45. The minimum atomic E-state index is -1.60. The smallest absolute Gasteiger partial charge is 0.334 e. The molecule has 0 aliphatic carbocycles. The van der Waals surface area contributed by atoms with Crippen molar-refractivity contribution in [3.8, 4) is 5.75 Å². The Hall–Kier alpha value is -2.28. The van der Waals surface area contributed by atoms with E-state index in [1.165, 1.54) is 0 Å². The summed E-state index contributed by atoms with van der Waals surface area (Å²) < 4.78 is 5.03. The van der Waals surface area contributed by atoms with Crippen LogP contribution in [0.2, 0.25) is 0 Å². The van der Waals surface area contributed by atoms with Crippen LogP contribution in [0, 0.1) is 0 Å². The maximum atomic E-state index is 11.3. The van der Waals surface area contributed by atoms with Gasteiger partial charge in [0.1, 0.15) is 5.75 Å². The van der Waals surface area contributed by atoms with Crippen LogP contribution in [0.3, 0.4) is 0 Å². The van der Waals surface area contributed by atoms with Crippen LogP contribution < -0.4 is 15.4 Å². The van der Waals surface area contributed by atoms with Crippen LogP contribution >= 0.6 is 0 Å². The topological polar surface area (TPSA) is 108 Å². The number of hydrogen-bond acceptors (Lipinski definition) is 4. The Bertz CT molecular complexity index is 447. The molecule has 20 heavy (non-hydrogen) atoms. The van der Waals surface area contributed by atoms with Gasteiger partial charge in [-0.05, 0) is 24.1 Å². The number of aliphatic hydroxyl groups excluding tert-OH is 1. The number of benzene rings is 1. The molecule has 1 rings (SSSR count). The predicted molar refractivity (Wildman–Crippen MR) is 71.7 cm³/mol. The number of ether oxygens (including phenoxy) is 1. The summed E-state index contributed by atoms with van der Waals surface area (Å²) in [6.07, 6.45) is -0.957. The van der Waals surface area contributed by atoms with Crippen molar-refractivity contribution in [1.29, 1.82) is 0 Å². The van der Waals surface area contributed by atoms with Gasteiger partial charge in [0.15, 0.2) is 6.10 Å². The second-order valence-corrected chi connectivity index (χ2v) is 4.09. The number of nitrogens with one attached hydrogen (secondary N) is 2. The summed E-state index contributed by atoms with van der Waals surface area (Å²) in [6.45, 7) is 0.0744. The molecule has 7 nitrogen and oxygen atoms in total. The van der Waals surface area contributed by atoms with Gasteiger partial charge in [-0.25, -0.2) is 9.59 Å². The van der Waals surface area contributed by atoms with Gasteiger partial charge in [0, 0.05) is 6.54 Å². The summed E-state index contributed by atoms with van der Waals surface area (Å²) in [4.78, 5) is 21.6. The van der Waals surface area contributed by atoms with Gasteiger partial charge in [0.05, 0.1) is 13.7 Å². The van der Waals surface area contributed by atoms with Gasteiger partial charge in [-0.3, -0.25) is 0 Å². The first kappa shape index (κ1) is 15.8. The zero-order valence-electron chi connectivity index (χ0n) is 11.1. The molecule has 4 N–H and O–H groups in total. The molecule has 2 amide bonds. The van der Waals surface area contributed by atoms with Gasteiger partial charge in [0.25, 0.3) is 0 Å². The number of urea groups is 1. The largest absolute Gasteiger partial charge is 0.497 e. The van der Waals surface area contributed by atoms with E-state index in [0.29, 0.717) is 13.0 Å². The van der Waals surface area contributed by atoms with Crippen LogP contribution in [0.25, 0.3) is 0 Å². The quantitative estimate of drug-likeness (QED) is 0.562. The number of aliphatic carboxylic acids is 1. The van der Waals surface area contributed by atoms with Crippen LogP contribution in [-0.2, 0) is 11.2 Å². The fraction of sp³-hybridized carbons (Fsp3) is 0.385. The van der Waals surface area contributed by atoms with E-state index in [9.17, 15) is 9.59 Å². The highest BCUT2D eigenvalue weighted by molar-refractivity contribution is 5.76. The molecule has 0 unspecified atom stereocenters. The molecule has 0 radical (unpaired) electrons. The molecule has 0 heterocycles. The van der Waals surface area contributed by atoms with Crippen molar-refractivity contribution in [3.63, 3.8) is 0 Å². The number of carbonyl (C=O) groups excluding carboxylic acids is 1. The highest BCUT2D eigenvalue weighted by Gasteiger charge is 2.13. The lowest BCUT2D eigenvalue weighted by Crippen LogP contribution is -2.42. The Morgan fingerprint density at radius 1 is 1.25 bits per heavy atom. The van der Waals surface area contributed by atoms with E-state index in [1.54, 1.807) is 7.11 Å². The average molecular weight is 282 g/mol. The van der Waals surface area contributed by atoms with Crippen LogP contribution in [0.5, 0.6) is 5.75 Å². The summed E-state index contributed by atoms with van der Waals surface area (Å²) in [6, 6.07) is 6.94. The standard InChI is InChI=1S/C13H18N2O5/c1-20-10-4-2-9(3-5-10)6-7-14-13(19)15-8-11(16)12(17)18/h2-5,11,16H,6-8H2,1H3,(H,17,18)(H2,14,15,19)/t11-/m0/s1. The van der Waals surface area contributed by atoms with Crippen molar-refractivity contribution in [2.45, 2.75) is 12.5 Å². The minimum Gasteiger partial charge on any atom is -0.497 e. The first-order valence-electron chi connectivity index (χ1n) is 6.08. The van der Waals surface area contributed by atoms with E-state index >= 15 is 0 Å². The lowest BCUT2D eigenvalue weighted by Gasteiger charge is -2.09. The molecule has 0 spiro atoms. The number of methoxy groups -OCH3 is 1. The monoisotopic (exact) mass is 282 g/mol. The van der Waals surface area contributed by atoms with E-state index < -0.39 is 18.1 Å². The SMILES string of the molecule is COc1ccc(CCNC(=O)NC[C@H](O)C(=O)O)cc1. The lowest BCUT2D eigenvalue weighted by atomic mass is 10.1. The Kier molecular flexibility index (Phi) is 6.31. The zero-order chi connectivity index (χ0) is 15.0. The van der Waals surface area contributed by atoms with Crippen LogP contribution in [-0.4, -0.2) is 48.5 Å². The minimum absolute atomic E-state index is 0.330. The summed E-state index contributed by atoms with van der Waals surface area (Å²) in [5.41, 5.74) is 1.04. The number of rotatable bonds is 7. The van der Waals surface area contributed by atoms with E-state index in [1.807, 2.05) is 24.3 Å². The number of hydrogen-bond donors (Lipinski definition) is 4. The second kappa shape index (κ2) is 8.00. The van der Waals surface area contributed by atoms with Gasteiger partial charge in [-0.2, -0.15) is 0 Å². The Morgan fingerprint density at radius 2 is 1.90 bits per heavy atom. The van der Waals surface area contributed by atoms with Crippen LogP contribution in [0.1, 0.15) is 5.56 Å². The van der Waals surface area contributed by atoms with Crippen molar-refractivity contribution < 1.29 is 24.5 Å². The van der Waals surface area contributed by atoms with Crippen molar-refractivity contribution in [1.82, 2.24) is 10.6 Å². The predicted octanol–water partition coefficient (Wildman–Crippen LogP) is -0.0176. The molecule has 1 atom stereocenters. The van der Waals surface area contributed by atoms with Crippen LogP contribution in [0.4, 0.5) is 4.79 Å². The molecule has 0 aliphatic rings. The first-order valence-corrected chi connectivity index (χ1v) is 6.08. The first-order chi connectivity index (χ1) is 9.52. The van der Waals surface area contributed by atoms with E-state index in [0.717, 1.165) is 11.3 Å². The summed E-state index contributed by atoms with van der Waals surface area (Å²) >= 11 is 0. The van der Waals surface area contributed by atoms with E-state index in [-0.39, 0.29) is 6.54 Å². The van der Waals surface area contributed by atoms with E-state index in [4.69, 9.17) is 14.9 Å². The third-order valence-electron chi connectivity index (χ3n) is 2.60. The molecule has 1 aromatic rings. The average Bonchev–Trinajstić information content (AvgIpc) is 2.45. The molecular formula is C13H18N2O5. The van der Waals surface area contributed by atoms with E-state index in [2.05, 4.69) is 10.6 Å². The third-order valence-corrected chi connectivity index (χ3v) is 2.60. The summed E-state index contributed by atoms with van der Waals surface area (Å²) in [5.74, 6) is -0.606. The molecular weight excluding hydrogens is 264 g/mol.